The zero-order valence-corrected chi connectivity index (χ0v) is 15.1. The van der Waals surface area contributed by atoms with Crippen molar-refractivity contribution in [3.63, 3.8) is 0 Å². The van der Waals surface area contributed by atoms with Crippen molar-refractivity contribution in [1.29, 1.82) is 0 Å². The number of likely N-dealkylation sites (N-methyl/N-ethyl adjacent to an activating group) is 1. The van der Waals surface area contributed by atoms with E-state index < -0.39 is 0 Å². The van der Waals surface area contributed by atoms with Gasteiger partial charge in [-0.2, -0.15) is 0 Å². The number of benzene rings is 1. The summed E-state index contributed by atoms with van der Waals surface area (Å²) in [7, 11) is 0. The van der Waals surface area contributed by atoms with Crippen molar-refractivity contribution in [2.24, 2.45) is 0 Å². The lowest BCUT2D eigenvalue weighted by Crippen LogP contribution is -2.27. The Hall–Kier alpha value is -1.88. The number of aryl methyl sites for hydroxylation is 1. The van der Waals surface area contributed by atoms with Crippen LogP contribution in [-0.4, -0.2) is 27.6 Å². The fourth-order valence-corrected chi connectivity index (χ4v) is 3.11. The molecule has 0 unspecified atom stereocenters. The third-order valence-corrected chi connectivity index (χ3v) is 4.54. The molecule has 4 nitrogen and oxygen atoms in total. The zero-order valence-electron chi connectivity index (χ0n) is 13.5. The van der Waals surface area contributed by atoms with Gasteiger partial charge in [0, 0.05) is 49.1 Å². The minimum absolute atomic E-state index is 0.787. The summed E-state index contributed by atoms with van der Waals surface area (Å²) in [6.45, 7) is 7.13. The van der Waals surface area contributed by atoms with Gasteiger partial charge in [-0.15, -0.1) is 0 Å². The molecule has 0 aliphatic carbocycles. The number of fused-ring (bicyclic) bond motifs is 1. The maximum atomic E-state index is 4.41. The summed E-state index contributed by atoms with van der Waals surface area (Å²) in [6.07, 6.45) is 6.86. The highest BCUT2D eigenvalue weighted by molar-refractivity contribution is 9.10. The average Bonchev–Trinajstić information content (AvgIpc) is 2.95. The van der Waals surface area contributed by atoms with Crippen LogP contribution in [0.3, 0.4) is 0 Å². The highest BCUT2D eigenvalue weighted by Gasteiger charge is 2.11. The average molecular weight is 373 g/mol. The quantitative estimate of drug-likeness (QED) is 0.647. The summed E-state index contributed by atoms with van der Waals surface area (Å²) in [6, 6.07) is 8.62. The Bertz CT molecular complexity index is 779. The van der Waals surface area contributed by atoms with E-state index in [1.54, 1.807) is 12.4 Å². The third kappa shape index (κ3) is 3.39. The van der Waals surface area contributed by atoms with Crippen LogP contribution in [0.2, 0.25) is 0 Å². The first-order valence-electron chi connectivity index (χ1n) is 8.02. The third-order valence-electron chi connectivity index (χ3n) is 4.13. The van der Waals surface area contributed by atoms with Gasteiger partial charge >= 0.3 is 0 Å². The van der Waals surface area contributed by atoms with Gasteiger partial charge in [0.25, 0.3) is 0 Å². The molecular weight excluding hydrogens is 352 g/mol. The van der Waals surface area contributed by atoms with Gasteiger partial charge < -0.3 is 9.47 Å². The molecule has 0 saturated carbocycles. The Balaban J connectivity index is 1.80. The van der Waals surface area contributed by atoms with E-state index in [-0.39, 0.29) is 0 Å². The van der Waals surface area contributed by atoms with Crippen molar-refractivity contribution in [2.75, 3.05) is 18.0 Å². The predicted octanol–water partition coefficient (Wildman–Crippen LogP) is 4.28. The van der Waals surface area contributed by atoms with Gasteiger partial charge in [0.05, 0.1) is 4.47 Å². The van der Waals surface area contributed by atoms with Crippen LogP contribution in [0.15, 0.2) is 47.3 Å². The van der Waals surface area contributed by atoms with Gasteiger partial charge in [-0.25, -0.2) is 9.97 Å². The lowest BCUT2D eigenvalue weighted by Gasteiger charge is -2.20. The summed E-state index contributed by atoms with van der Waals surface area (Å²) in [4.78, 5) is 11.0. The molecule has 120 valence electrons. The van der Waals surface area contributed by atoms with Crippen LogP contribution in [0, 0.1) is 0 Å². The topological polar surface area (TPSA) is 34.0 Å². The molecule has 3 rings (SSSR count). The maximum Gasteiger partial charge on any atom is 0.225 e. The number of nitrogens with zero attached hydrogens (tertiary/aromatic N) is 4. The van der Waals surface area contributed by atoms with Crippen LogP contribution in [0.5, 0.6) is 0 Å². The molecule has 0 N–H and O–H groups in total. The molecule has 0 aliphatic rings. The number of hydrogen-bond acceptors (Lipinski definition) is 3. The van der Waals surface area contributed by atoms with Crippen molar-refractivity contribution < 1.29 is 0 Å². The summed E-state index contributed by atoms with van der Waals surface area (Å²) in [5, 5.41) is 1.35. The normalized spacial score (nSPS) is 11.1. The molecule has 0 atom stereocenters. The number of halogens is 1. The molecule has 0 saturated heterocycles. The Morgan fingerprint density at radius 3 is 2.57 bits per heavy atom. The van der Waals surface area contributed by atoms with Gasteiger partial charge in [-0.3, -0.25) is 0 Å². The number of anilines is 1. The van der Waals surface area contributed by atoms with E-state index in [4.69, 9.17) is 0 Å². The van der Waals surface area contributed by atoms with Crippen LogP contribution >= 0.6 is 15.9 Å². The van der Waals surface area contributed by atoms with Crippen LogP contribution < -0.4 is 4.90 Å². The van der Waals surface area contributed by atoms with Crippen molar-refractivity contribution in [3.05, 3.63) is 52.9 Å². The molecule has 23 heavy (non-hydrogen) atoms. The fourth-order valence-electron chi connectivity index (χ4n) is 2.91. The molecule has 0 spiro atoms. The van der Waals surface area contributed by atoms with E-state index in [1.807, 2.05) is 0 Å². The molecule has 0 bridgehead atoms. The van der Waals surface area contributed by atoms with E-state index in [0.717, 1.165) is 36.5 Å². The summed E-state index contributed by atoms with van der Waals surface area (Å²) < 4.78 is 3.22. The SMILES string of the molecule is CCN(CCc1cn(CC)c2ccccc12)c1ncc(Br)cn1. The molecule has 2 aromatic heterocycles. The molecule has 2 heterocycles. The van der Waals surface area contributed by atoms with Gasteiger partial charge in [0.15, 0.2) is 0 Å². The Kier molecular flexibility index (Phi) is 4.96. The summed E-state index contributed by atoms with van der Waals surface area (Å²) in [5.74, 6) is 0.787. The zero-order chi connectivity index (χ0) is 16.2. The molecule has 0 aliphatic heterocycles. The number of aromatic nitrogens is 3. The molecule has 0 fully saturated rings. The van der Waals surface area contributed by atoms with E-state index >= 15 is 0 Å². The van der Waals surface area contributed by atoms with Gasteiger partial charge in [-0.1, -0.05) is 18.2 Å². The molecule has 5 heteroatoms. The summed E-state index contributed by atoms with van der Waals surface area (Å²) >= 11 is 3.38. The van der Waals surface area contributed by atoms with Gasteiger partial charge in [0.2, 0.25) is 5.95 Å². The first kappa shape index (κ1) is 16.0. The maximum absolute atomic E-state index is 4.41. The van der Waals surface area contributed by atoms with Crippen molar-refractivity contribution in [3.8, 4) is 0 Å². The lowest BCUT2D eigenvalue weighted by atomic mass is 10.1. The number of para-hydroxylation sites is 1. The van der Waals surface area contributed by atoms with Gasteiger partial charge in [0.1, 0.15) is 0 Å². The van der Waals surface area contributed by atoms with Crippen LogP contribution in [0.25, 0.3) is 10.9 Å². The van der Waals surface area contributed by atoms with E-state index in [1.165, 1.54) is 16.5 Å². The standard InChI is InChI=1S/C18H21BrN4/c1-3-22(18-20-11-15(19)12-21-18)10-9-14-13-23(4-2)17-8-6-5-7-16(14)17/h5-8,11-13H,3-4,9-10H2,1-2H3. The van der Waals surface area contributed by atoms with E-state index in [9.17, 15) is 0 Å². The highest BCUT2D eigenvalue weighted by atomic mass is 79.9. The van der Waals surface area contributed by atoms with Gasteiger partial charge in [-0.05, 0) is 47.8 Å². The van der Waals surface area contributed by atoms with Crippen molar-refractivity contribution in [2.45, 2.75) is 26.8 Å². The second-order valence-electron chi connectivity index (χ2n) is 5.49. The molecule has 0 amide bonds. The van der Waals surface area contributed by atoms with Crippen LogP contribution in [0.4, 0.5) is 5.95 Å². The van der Waals surface area contributed by atoms with E-state index in [0.29, 0.717) is 0 Å². The minimum atomic E-state index is 0.787. The number of hydrogen-bond donors (Lipinski definition) is 0. The molecular formula is C18H21BrN4. The van der Waals surface area contributed by atoms with E-state index in [2.05, 4.69) is 79.7 Å². The Labute approximate surface area is 145 Å². The fraction of sp³-hybridized carbons (Fsp3) is 0.333. The summed E-state index contributed by atoms with van der Waals surface area (Å²) in [5.41, 5.74) is 2.70. The molecule has 0 radical (unpaired) electrons. The highest BCUT2D eigenvalue weighted by Crippen LogP contribution is 2.22. The Morgan fingerprint density at radius 1 is 1.13 bits per heavy atom. The smallest absolute Gasteiger partial charge is 0.225 e. The number of rotatable bonds is 6. The van der Waals surface area contributed by atoms with Crippen molar-refractivity contribution in [1.82, 2.24) is 14.5 Å². The van der Waals surface area contributed by atoms with Crippen molar-refractivity contribution >= 4 is 32.8 Å². The van der Waals surface area contributed by atoms with Crippen LogP contribution in [-0.2, 0) is 13.0 Å². The molecule has 3 aromatic rings. The lowest BCUT2D eigenvalue weighted by molar-refractivity contribution is 0.764. The monoisotopic (exact) mass is 372 g/mol. The largest absolute Gasteiger partial charge is 0.347 e. The minimum Gasteiger partial charge on any atom is -0.347 e. The second kappa shape index (κ2) is 7.13. The first-order chi connectivity index (χ1) is 11.2. The predicted molar refractivity (Wildman–Crippen MR) is 98.9 cm³/mol. The first-order valence-corrected chi connectivity index (χ1v) is 8.81. The molecule has 1 aromatic carbocycles. The Morgan fingerprint density at radius 2 is 1.87 bits per heavy atom. The van der Waals surface area contributed by atoms with Crippen LogP contribution in [0.1, 0.15) is 19.4 Å². The second-order valence-corrected chi connectivity index (χ2v) is 6.40.